The highest BCUT2D eigenvalue weighted by atomic mass is 16.2. The van der Waals surface area contributed by atoms with E-state index in [4.69, 9.17) is 5.73 Å². The molecule has 0 fully saturated rings. The fourth-order valence-electron chi connectivity index (χ4n) is 1.94. The van der Waals surface area contributed by atoms with Crippen molar-refractivity contribution in [3.8, 4) is 0 Å². The van der Waals surface area contributed by atoms with Gasteiger partial charge >= 0.3 is 0 Å². The first-order valence-corrected chi connectivity index (χ1v) is 7.02. The lowest BCUT2D eigenvalue weighted by molar-refractivity contribution is -0.116. The van der Waals surface area contributed by atoms with E-state index >= 15 is 0 Å². The third kappa shape index (κ3) is 3.88. The van der Waals surface area contributed by atoms with Gasteiger partial charge in [-0.05, 0) is 43.5 Å². The Bertz CT molecular complexity index is 635. The van der Waals surface area contributed by atoms with Crippen LogP contribution < -0.4 is 11.1 Å². The molecule has 112 valence electrons. The highest BCUT2D eigenvalue weighted by Gasteiger charge is 2.10. The van der Waals surface area contributed by atoms with E-state index in [0.717, 1.165) is 17.7 Å². The van der Waals surface area contributed by atoms with Crippen molar-refractivity contribution in [3.05, 3.63) is 41.2 Å². The van der Waals surface area contributed by atoms with Crippen molar-refractivity contribution in [2.45, 2.75) is 39.8 Å². The van der Waals surface area contributed by atoms with Crippen LogP contribution in [0.2, 0.25) is 0 Å². The average molecular weight is 287 g/mol. The van der Waals surface area contributed by atoms with E-state index in [0.29, 0.717) is 5.69 Å². The maximum atomic E-state index is 12.0. The average Bonchev–Trinajstić information content (AvgIpc) is 2.90. The lowest BCUT2D eigenvalue weighted by Gasteiger charge is -2.07. The van der Waals surface area contributed by atoms with Crippen LogP contribution in [0, 0.1) is 13.8 Å². The molecule has 1 atom stereocenters. The molecule has 1 heterocycles. The van der Waals surface area contributed by atoms with Crippen molar-refractivity contribution in [2.75, 3.05) is 5.32 Å². The van der Waals surface area contributed by atoms with E-state index in [2.05, 4.69) is 15.6 Å². The number of nitrogens with one attached hydrogen (secondary N) is 1. The summed E-state index contributed by atoms with van der Waals surface area (Å²) in [6.45, 7) is 6.15. The molecule has 6 nitrogen and oxygen atoms in total. The van der Waals surface area contributed by atoms with Gasteiger partial charge in [-0.3, -0.25) is 4.79 Å². The Kier molecular flexibility index (Phi) is 4.70. The summed E-state index contributed by atoms with van der Waals surface area (Å²) >= 11 is 0. The van der Waals surface area contributed by atoms with Gasteiger partial charge in [-0.1, -0.05) is 18.2 Å². The molecule has 0 radical (unpaired) electrons. The summed E-state index contributed by atoms with van der Waals surface area (Å²) in [4.78, 5) is 12.0. The van der Waals surface area contributed by atoms with Crippen LogP contribution in [0.4, 0.5) is 5.69 Å². The SMILES string of the molecule is CCC(N)c1cn(CC(=O)Nc2ccc(C)c(C)c2)nn1. The molecule has 0 saturated carbocycles. The molecule has 1 aromatic carbocycles. The van der Waals surface area contributed by atoms with E-state index in [1.807, 2.05) is 39.0 Å². The first-order chi connectivity index (χ1) is 9.99. The number of anilines is 1. The molecule has 0 aliphatic carbocycles. The smallest absolute Gasteiger partial charge is 0.246 e. The highest BCUT2D eigenvalue weighted by molar-refractivity contribution is 5.90. The van der Waals surface area contributed by atoms with Crippen LogP contribution in [0.25, 0.3) is 0 Å². The third-order valence-corrected chi connectivity index (χ3v) is 3.47. The molecule has 1 amide bonds. The standard InChI is InChI=1S/C15H21N5O/c1-4-13(16)14-8-20(19-18-14)9-15(21)17-12-6-5-10(2)11(3)7-12/h5-8,13H,4,9,16H2,1-3H3,(H,17,21). The van der Waals surface area contributed by atoms with E-state index < -0.39 is 0 Å². The fraction of sp³-hybridized carbons (Fsp3) is 0.400. The summed E-state index contributed by atoms with van der Waals surface area (Å²) in [5.74, 6) is -0.139. The molecular formula is C15H21N5O. The first kappa shape index (κ1) is 15.2. The lowest BCUT2D eigenvalue weighted by atomic mass is 10.1. The molecule has 3 N–H and O–H groups in total. The van der Waals surface area contributed by atoms with Gasteiger partial charge in [0.2, 0.25) is 5.91 Å². The van der Waals surface area contributed by atoms with Crippen molar-refractivity contribution in [2.24, 2.45) is 5.73 Å². The second kappa shape index (κ2) is 6.49. The number of rotatable bonds is 5. The van der Waals surface area contributed by atoms with Gasteiger partial charge in [0.1, 0.15) is 6.54 Å². The predicted octanol–water partition coefficient (Wildman–Crippen LogP) is 1.94. The maximum absolute atomic E-state index is 12.0. The summed E-state index contributed by atoms with van der Waals surface area (Å²) in [6.07, 6.45) is 2.50. The second-order valence-corrected chi connectivity index (χ2v) is 5.20. The normalized spacial score (nSPS) is 12.2. The Labute approximate surface area is 124 Å². The maximum Gasteiger partial charge on any atom is 0.246 e. The van der Waals surface area contributed by atoms with Crippen molar-refractivity contribution in [3.63, 3.8) is 0 Å². The molecule has 0 spiro atoms. The molecule has 1 unspecified atom stereocenters. The third-order valence-electron chi connectivity index (χ3n) is 3.47. The molecule has 0 aliphatic heterocycles. The Morgan fingerprint density at radius 1 is 1.38 bits per heavy atom. The van der Waals surface area contributed by atoms with Crippen molar-refractivity contribution in [1.82, 2.24) is 15.0 Å². The number of nitrogens with zero attached hydrogens (tertiary/aromatic N) is 3. The Morgan fingerprint density at radius 2 is 2.14 bits per heavy atom. The zero-order chi connectivity index (χ0) is 15.4. The molecule has 0 aliphatic rings. The van der Waals surface area contributed by atoms with Gasteiger partial charge in [0.15, 0.2) is 0 Å². The van der Waals surface area contributed by atoms with Gasteiger partial charge in [-0.2, -0.15) is 0 Å². The number of hydrogen-bond acceptors (Lipinski definition) is 4. The summed E-state index contributed by atoms with van der Waals surface area (Å²) in [5.41, 5.74) is 9.71. The summed E-state index contributed by atoms with van der Waals surface area (Å²) in [6, 6.07) is 5.69. The van der Waals surface area contributed by atoms with Crippen LogP contribution in [-0.4, -0.2) is 20.9 Å². The fourth-order valence-corrected chi connectivity index (χ4v) is 1.94. The summed E-state index contributed by atoms with van der Waals surface area (Å²) in [7, 11) is 0. The predicted molar refractivity (Wildman–Crippen MR) is 81.8 cm³/mol. The topological polar surface area (TPSA) is 85.8 Å². The van der Waals surface area contributed by atoms with Gasteiger partial charge in [0, 0.05) is 5.69 Å². The largest absolute Gasteiger partial charge is 0.324 e. The zero-order valence-corrected chi connectivity index (χ0v) is 12.6. The Hall–Kier alpha value is -2.21. The van der Waals surface area contributed by atoms with Crippen molar-refractivity contribution in [1.29, 1.82) is 0 Å². The number of amides is 1. The number of carbonyl (C=O) groups is 1. The number of aromatic nitrogens is 3. The molecule has 2 rings (SSSR count). The van der Waals surface area contributed by atoms with Crippen molar-refractivity contribution >= 4 is 11.6 Å². The van der Waals surface area contributed by atoms with E-state index in [1.54, 1.807) is 6.20 Å². The zero-order valence-electron chi connectivity index (χ0n) is 12.6. The van der Waals surface area contributed by atoms with Crippen LogP contribution in [0.3, 0.4) is 0 Å². The van der Waals surface area contributed by atoms with Gasteiger partial charge < -0.3 is 11.1 Å². The van der Waals surface area contributed by atoms with Crippen LogP contribution in [0.1, 0.15) is 36.2 Å². The second-order valence-electron chi connectivity index (χ2n) is 5.20. The number of hydrogen-bond donors (Lipinski definition) is 2. The molecule has 6 heteroatoms. The molecule has 1 aromatic heterocycles. The van der Waals surface area contributed by atoms with E-state index in [9.17, 15) is 4.79 Å². The minimum atomic E-state index is -0.139. The van der Waals surface area contributed by atoms with E-state index in [-0.39, 0.29) is 18.5 Å². The van der Waals surface area contributed by atoms with Gasteiger partial charge in [0.05, 0.1) is 17.9 Å². The molecule has 2 aromatic rings. The van der Waals surface area contributed by atoms with Crippen LogP contribution in [0.15, 0.2) is 24.4 Å². The van der Waals surface area contributed by atoms with Crippen LogP contribution in [0.5, 0.6) is 0 Å². The number of benzene rings is 1. The molecule has 21 heavy (non-hydrogen) atoms. The monoisotopic (exact) mass is 287 g/mol. The van der Waals surface area contributed by atoms with Crippen molar-refractivity contribution < 1.29 is 4.79 Å². The highest BCUT2D eigenvalue weighted by Crippen LogP contribution is 2.14. The van der Waals surface area contributed by atoms with Gasteiger partial charge in [-0.15, -0.1) is 5.10 Å². The van der Waals surface area contributed by atoms with Gasteiger partial charge in [-0.25, -0.2) is 4.68 Å². The Balaban J connectivity index is 1.98. The molecule has 0 saturated heterocycles. The number of nitrogens with two attached hydrogens (primary N) is 1. The Morgan fingerprint density at radius 3 is 2.81 bits per heavy atom. The van der Waals surface area contributed by atoms with Crippen LogP contribution >= 0.6 is 0 Å². The minimum absolute atomic E-state index is 0.121. The summed E-state index contributed by atoms with van der Waals surface area (Å²) < 4.78 is 1.50. The lowest BCUT2D eigenvalue weighted by Crippen LogP contribution is -2.19. The summed E-state index contributed by atoms with van der Waals surface area (Å²) in [5, 5.41) is 10.8. The van der Waals surface area contributed by atoms with Gasteiger partial charge in [0.25, 0.3) is 0 Å². The molecule has 0 bridgehead atoms. The number of carbonyl (C=O) groups excluding carboxylic acids is 1. The number of aryl methyl sites for hydroxylation is 2. The van der Waals surface area contributed by atoms with E-state index in [1.165, 1.54) is 10.2 Å². The quantitative estimate of drug-likeness (QED) is 0.880. The molecular weight excluding hydrogens is 266 g/mol. The van der Waals surface area contributed by atoms with Crippen LogP contribution in [-0.2, 0) is 11.3 Å². The first-order valence-electron chi connectivity index (χ1n) is 7.02. The minimum Gasteiger partial charge on any atom is -0.324 e.